The Balaban J connectivity index is 1.59. The van der Waals surface area contributed by atoms with Crippen LogP contribution in [0.25, 0.3) is 16.6 Å². The summed E-state index contributed by atoms with van der Waals surface area (Å²) >= 11 is 6.11. The number of methoxy groups -OCH3 is 1. The third kappa shape index (κ3) is 4.01. The summed E-state index contributed by atoms with van der Waals surface area (Å²) in [7, 11) is 3.52. The van der Waals surface area contributed by atoms with E-state index in [0.717, 1.165) is 17.0 Å². The number of aromatic nitrogens is 4. The van der Waals surface area contributed by atoms with Crippen LogP contribution >= 0.6 is 11.6 Å². The van der Waals surface area contributed by atoms with Crippen molar-refractivity contribution in [1.29, 1.82) is 0 Å². The van der Waals surface area contributed by atoms with Gasteiger partial charge in [0, 0.05) is 28.7 Å². The lowest BCUT2D eigenvalue weighted by Crippen LogP contribution is -2.31. The predicted octanol–water partition coefficient (Wildman–Crippen LogP) is 3.33. The summed E-state index contributed by atoms with van der Waals surface area (Å²) in [5.41, 5.74) is 1.98. The van der Waals surface area contributed by atoms with Crippen LogP contribution in [0.15, 0.2) is 65.7 Å². The zero-order valence-corrected chi connectivity index (χ0v) is 16.9. The van der Waals surface area contributed by atoms with Gasteiger partial charge in [0.25, 0.3) is 5.56 Å². The van der Waals surface area contributed by atoms with Gasteiger partial charge in [0.1, 0.15) is 5.75 Å². The number of nitrogens with zero attached hydrogens (tertiary/aromatic N) is 5. The highest BCUT2D eigenvalue weighted by atomic mass is 35.5. The first kappa shape index (κ1) is 19.2. The van der Waals surface area contributed by atoms with Crippen LogP contribution in [0.2, 0.25) is 5.02 Å². The molecule has 2 aromatic heterocycles. The zero-order chi connectivity index (χ0) is 20.4. The normalized spacial score (nSPS) is 11.3. The molecule has 0 aliphatic carbocycles. The van der Waals surface area contributed by atoms with Crippen LogP contribution in [0, 0.1) is 0 Å². The molecule has 0 amide bonds. The minimum atomic E-state index is -0.234. The summed E-state index contributed by atoms with van der Waals surface area (Å²) in [4.78, 5) is 14.9. The fourth-order valence-electron chi connectivity index (χ4n) is 3.21. The number of hydrogen-bond acceptors (Lipinski definition) is 5. The smallest absolute Gasteiger partial charge is 0.296 e. The Bertz CT molecular complexity index is 1200. The van der Waals surface area contributed by atoms with Gasteiger partial charge < -0.3 is 4.74 Å². The number of ether oxygens (including phenoxy) is 1. The molecule has 2 heterocycles. The van der Waals surface area contributed by atoms with Gasteiger partial charge in [-0.15, -0.1) is 0 Å². The molecule has 0 fully saturated rings. The maximum atomic E-state index is 12.9. The minimum Gasteiger partial charge on any atom is -0.496 e. The third-order valence-corrected chi connectivity index (χ3v) is 4.83. The molecule has 0 saturated heterocycles. The highest BCUT2D eigenvalue weighted by molar-refractivity contribution is 6.30. The monoisotopic (exact) mass is 409 g/mol. The summed E-state index contributed by atoms with van der Waals surface area (Å²) in [6.07, 6.45) is 3.47. The molecule has 0 radical (unpaired) electrons. The number of benzene rings is 2. The maximum Gasteiger partial charge on any atom is 0.296 e. The number of para-hydroxylation sites is 1. The van der Waals surface area contributed by atoms with E-state index in [9.17, 15) is 4.79 Å². The third-order valence-electron chi connectivity index (χ3n) is 4.59. The van der Waals surface area contributed by atoms with Crippen molar-refractivity contribution >= 4 is 22.5 Å². The Morgan fingerprint density at radius 3 is 2.72 bits per heavy atom. The summed E-state index contributed by atoms with van der Waals surface area (Å²) in [6, 6.07) is 15.1. The number of fused-ring (bicyclic) bond motifs is 1. The van der Waals surface area contributed by atoms with Crippen molar-refractivity contribution in [3.05, 3.63) is 81.9 Å². The van der Waals surface area contributed by atoms with Crippen molar-refractivity contribution in [1.82, 2.24) is 24.5 Å². The average Bonchev–Trinajstić information content (AvgIpc) is 3.16. The van der Waals surface area contributed by atoms with E-state index in [-0.39, 0.29) is 5.56 Å². The summed E-state index contributed by atoms with van der Waals surface area (Å²) in [6.45, 7) is 0.858. The molecule has 8 heteroatoms. The van der Waals surface area contributed by atoms with Crippen molar-refractivity contribution in [3.8, 4) is 11.4 Å². The quantitative estimate of drug-likeness (QED) is 0.488. The molecule has 148 valence electrons. The van der Waals surface area contributed by atoms with Gasteiger partial charge in [-0.25, -0.2) is 9.36 Å². The van der Waals surface area contributed by atoms with Gasteiger partial charge in [-0.3, -0.25) is 9.69 Å². The Morgan fingerprint density at radius 1 is 1.17 bits per heavy atom. The van der Waals surface area contributed by atoms with Crippen LogP contribution in [-0.4, -0.2) is 38.6 Å². The minimum absolute atomic E-state index is 0.234. The van der Waals surface area contributed by atoms with E-state index in [1.165, 1.54) is 4.68 Å². The fourth-order valence-corrected chi connectivity index (χ4v) is 3.40. The zero-order valence-electron chi connectivity index (χ0n) is 16.1. The predicted molar refractivity (Wildman–Crippen MR) is 113 cm³/mol. The lowest BCUT2D eigenvalue weighted by Gasteiger charge is -2.19. The molecule has 2 aromatic carbocycles. The molecule has 29 heavy (non-hydrogen) atoms. The fraction of sp³-hybridized carbons (Fsp3) is 0.190. The standard InChI is InChI=1S/C21H20ClN5O2/c1-25(12-15-10-17(22)8-9-19(15)29-2)14-27-21(28)20-16(11-23-27)13-26(24-20)18-6-4-3-5-7-18/h3-11,13H,12,14H2,1-2H3. The van der Waals surface area contributed by atoms with Crippen LogP contribution in [0.3, 0.4) is 0 Å². The van der Waals surface area contributed by atoms with Gasteiger partial charge in [0.05, 0.1) is 25.7 Å². The first-order chi connectivity index (χ1) is 14.0. The first-order valence-corrected chi connectivity index (χ1v) is 9.45. The Hall–Kier alpha value is -3.16. The maximum absolute atomic E-state index is 12.9. The largest absolute Gasteiger partial charge is 0.496 e. The van der Waals surface area contributed by atoms with Gasteiger partial charge in [0.15, 0.2) is 5.52 Å². The molecular weight excluding hydrogens is 390 g/mol. The Labute approximate surface area is 172 Å². The van der Waals surface area contributed by atoms with Crippen molar-refractivity contribution in [3.63, 3.8) is 0 Å². The molecule has 0 aliphatic rings. The van der Waals surface area contributed by atoms with E-state index in [1.54, 1.807) is 24.1 Å². The van der Waals surface area contributed by atoms with Gasteiger partial charge in [-0.05, 0) is 37.4 Å². The second kappa shape index (κ2) is 8.06. The van der Waals surface area contributed by atoms with E-state index >= 15 is 0 Å². The topological polar surface area (TPSA) is 65.2 Å². The SMILES string of the molecule is COc1ccc(Cl)cc1CN(C)Cn1ncc2cn(-c3ccccc3)nc2c1=O. The van der Waals surface area contributed by atoms with E-state index in [1.807, 2.05) is 60.6 Å². The van der Waals surface area contributed by atoms with Crippen LogP contribution < -0.4 is 10.3 Å². The molecule has 0 bridgehead atoms. The summed E-state index contributed by atoms with van der Waals surface area (Å²) in [5, 5.41) is 10.1. The van der Waals surface area contributed by atoms with Crippen LogP contribution in [0.4, 0.5) is 0 Å². The second-order valence-corrected chi connectivity index (χ2v) is 7.21. The lowest BCUT2D eigenvalue weighted by atomic mass is 10.2. The van der Waals surface area contributed by atoms with Crippen molar-refractivity contribution < 1.29 is 4.74 Å². The molecule has 0 unspecified atom stereocenters. The van der Waals surface area contributed by atoms with Crippen LogP contribution in [-0.2, 0) is 13.2 Å². The Kier molecular flexibility index (Phi) is 5.33. The lowest BCUT2D eigenvalue weighted by molar-refractivity contribution is 0.237. The van der Waals surface area contributed by atoms with E-state index in [4.69, 9.17) is 16.3 Å². The molecule has 0 spiro atoms. The molecule has 0 saturated carbocycles. The van der Waals surface area contributed by atoms with Crippen LogP contribution in [0.1, 0.15) is 5.56 Å². The van der Waals surface area contributed by atoms with Gasteiger partial charge >= 0.3 is 0 Å². The highest BCUT2D eigenvalue weighted by Crippen LogP contribution is 2.23. The number of halogens is 1. The van der Waals surface area contributed by atoms with Gasteiger partial charge in [-0.2, -0.15) is 10.2 Å². The summed E-state index contributed by atoms with van der Waals surface area (Å²) in [5.74, 6) is 0.749. The molecule has 4 rings (SSSR count). The van der Waals surface area contributed by atoms with Crippen molar-refractivity contribution in [2.45, 2.75) is 13.2 Å². The van der Waals surface area contributed by atoms with E-state index < -0.39 is 0 Å². The molecule has 0 atom stereocenters. The molecule has 7 nitrogen and oxygen atoms in total. The average molecular weight is 410 g/mol. The van der Waals surface area contributed by atoms with E-state index in [0.29, 0.717) is 29.1 Å². The van der Waals surface area contributed by atoms with Gasteiger partial charge in [-0.1, -0.05) is 29.8 Å². The number of rotatable bonds is 6. The first-order valence-electron chi connectivity index (χ1n) is 9.07. The molecular formula is C21H20ClN5O2. The van der Waals surface area contributed by atoms with Crippen molar-refractivity contribution in [2.24, 2.45) is 0 Å². The molecule has 0 aliphatic heterocycles. The van der Waals surface area contributed by atoms with Crippen LogP contribution in [0.5, 0.6) is 5.75 Å². The van der Waals surface area contributed by atoms with Gasteiger partial charge in [0.2, 0.25) is 0 Å². The molecule has 0 N–H and O–H groups in total. The molecule has 4 aromatic rings. The highest BCUT2D eigenvalue weighted by Gasteiger charge is 2.13. The van der Waals surface area contributed by atoms with Crippen molar-refractivity contribution in [2.75, 3.05) is 14.2 Å². The Morgan fingerprint density at radius 2 is 1.97 bits per heavy atom. The second-order valence-electron chi connectivity index (χ2n) is 6.77. The summed E-state index contributed by atoms with van der Waals surface area (Å²) < 4.78 is 8.49. The van der Waals surface area contributed by atoms with E-state index in [2.05, 4.69) is 10.2 Å². The number of hydrogen-bond donors (Lipinski definition) is 0.